The normalized spacial score (nSPS) is 13.3. The molecule has 0 saturated heterocycles. The molecule has 0 fully saturated rings. The van der Waals surface area contributed by atoms with Gasteiger partial charge in [0.15, 0.2) is 0 Å². The molecular formula is C28H30N4O3S2. The molecule has 1 N–H and O–H groups in total. The number of rotatable bonds is 11. The number of carbonyl (C=O) groups excluding carboxylic acids is 1. The van der Waals surface area contributed by atoms with Crippen molar-refractivity contribution in [2.24, 2.45) is 5.92 Å². The Bertz CT molecular complexity index is 1220. The number of hydrogen-bond donors (Lipinski definition) is 1. The first kappa shape index (κ1) is 26.5. The summed E-state index contributed by atoms with van der Waals surface area (Å²) in [5.74, 6) is 0.270. The molecule has 0 radical (unpaired) electrons. The van der Waals surface area contributed by atoms with Crippen LogP contribution in [0.5, 0.6) is 0 Å². The summed E-state index contributed by atoms with van der Waals surface area (Å²) in [4.78, 5) is 21.9. The third-order valence-corrected chi connectivity index (χ3v) is 6.97. The predicted molar refractivity (Wildman–Crippen MR) is 148 cm³/mol. The summed E-state index contributed by atoms with van der Waals surface area (Å²) in [7, 11) is 0. The standard InChI is InChI=1S/C28H30N4O3S2/c1-21(14-22-8-4-2-5-9-22)15-26(35-28(36)32-13-12-29-19-32)25(16-23-10-6-3-7-11-23)31-27(33)34-18-24-17-30-20-37-24/h2-13,17,19-21,25-26H,14-16,18H2,1H3,(H,31,33)/t21-,25-,26-/m0/s1. The van der Waals surface area contributed by atoms with Crippen LogP contribution in [0.4, 0.5) is 4.79 Å². The van der Waals surface area contributed by atoms with Gasteiger partial charge in [-0.2, -0.15) is 0 Å². The van der Waals surface area contributed by atoms with Crippen LogP contribution in [0, 0.1) is 5.92 Å². The molecule has 2 heterocycles. The minimum atomic E-state index is -0.507. The maximum absolute atomic E-state index is 12.9. The maximum atomic E-state index is 12.9. The van der Waals surface area contributed by atoms with Gasteiger partial charge >= 0.3 is 6.09 Å². The Kier molecular flexibility index (Phi) is 9.79. The molecule has 0 bridgehead atoms. The van der Waals surface area contributed by atoms with Crippen LogP contribution < -0.4 is 5.32 Å². The number of thiocarbonyl (C=S) groups is 1. The molecule has 0 saturated carbocycles. The summed E-state index contributed by atoms with van der Waals surface area (Å²) >= 11 is 7.03. The second-order valence-corrected chi connectivity index (χ2v) is 10.2. The highest BCUT2D eigenvalue weighted by molar-refractivity contribution is 7.80. The SMILES string of the molecule is C[C@@H](Cc1ccccc1)C[C@H](OC(=S)n1ccnc1)[C@H](Cc1ccccc1)NC(=O)OCc1cncs1. The summed E-state index contributed by atoms with van der Waals surface area (Å²) in [6, 6.07) is 20.0. The van der Waals surface area contributed by atoms with Gasteiger partial charge in [0.1, 0.15) is 19.0 Å². The fourth-order valence-corrected chi connectivity index (χ4v) is 4.87. The van der Waals surface area contributed by atoms with Crippen molar-refractivity contribution in [1.29, 1.82) is 0 Å². The number of hydrogen-bond acceptors (Lipinski definition) is 7. The zero-order valence-electron chi connectivity index (χ0n) is 20.6. The summed E-state index contributed by atoms with van der Waals surface area (Å²) in [6.45, 7) is 2.35. The highest BCUT2D eigenvalue weighted by Gasteiger charge is 2.29. The summed E-state index contributed by atoms with van der Waals surface area (Å²) in [5, 5.41) is 3.35. The molecule has 0 spiro atoms. The average Bonchev–Trinajstić information content (AvgIpc) is 3.63. The van der Waals surface area contributed by atoms with E-state index in [1.807, 2.05) is 48.5 Å². The minimum absolute atomic E-state index is 0.165. The van der Waals surface area contributed by atoms with E-state index in [1.54, 1.807) is 35.0 Å². The van der Waals surface area contributed by atoms with Crippen molar-refractivity contribution in [3.63, 3.8) is 0 Å². The van der Waals surface area contributed by atoms with Crippen LogP contribution >= 0.6 is 23.6 Å². The Morgan fingerprint density at radius 1 is 1.05 bits per heavy atom. The van der Waals surface area contributed by atoms with E-state index >= 15 is 0 Å². The van der Waals surface area contributed by atoms with Gasteiger partial charge in [-0.15, -0.1) is 11.3 Å². The van der Waals surface area contributed by atoms with Gasteiger partial charge in [0.05, 0.1) is 16.4 Å². The maximum Gasteiger partial charge on any atom is 0.407 e. The highest BCUT2D eigenvalue weighted by Crippen LogP contribution is 2.21. The molecule has 4 rings (SSSR count). The van der Waals surface area contributed by atoms with E-state index in [4.69, 9.17) is 21.7 Å². The molecular weight excluding hydrogens is 504 g/mol. The van der Waals surface area contributed by atoms with Crippen LogP contribution in [-0.2, 0) is 28.9 Å². The van der Waals surface area contributed by atoms with Crippen molar-refractivity contribution >= 4 is 34.8 Å². The lowest BCUT2D eigenvalue weighted by molar-refractivity contribution is 0.0947. The van der Waals surface area contributed by atoms with E-state index < -0.39 is 12.2 Å². The topological polar surface area (TPSA) is 78.3 Å². The third-order valence-electron chi connectivity index (χ3n) is 5.91. The zero-order valence-corrected chi connectivity index (χ0v) is 22.2. The lowest BCUT2D eigenvalue weighted by Gasteiger charge is -2.31. The number of carbonyl (C=O) groups is 1. The van der Waals surface area contributed by atoms with Gasteiger partial charge in [0.25, 0.3) is 5.17 Å². The quantitative estimate of drug-likeness (QED) is 0.250. The van der Waals surface area contributed by atoms with E-state index in [0.717, 1.165) is 16.9 Å². The summed E-state index contributed by atoms with van der Waals surface area (Å²) < 4.78 is 13.5. The molecule has 4 aromatic rings. The fourth-order valence-electron chi connectivity index (χ4n) is 4.13. The van der Waals surface area contributed by atoms with Crippen LogP contribution in [0.15, 0.2) is 91.1 Å². The lowest BCUT2D eigenvalue weighted by atomic mass is 9.90. The Labute approximate surface area is 226 Å². The van der Waals surface area contributed by atoms with Crippen molar-refractivity contribution in [3.05, 3.63) is 107 Å². The van der Waals surface area contributed by atoms with E-state index in [-0.39, 0.29) is 23.7 Å². The molecule has 0 unspecified atom stereocenters. The first-order chi connectivity index (χ1) is 18.1. The number of benzene rings is 2. The van der Waals surface area contributed by atoms with E-state index in [9.17, 15) is 4.79 Å². The van der Waals surface area contributed by atoms with Crippen LogP contribution in [0.1, 0.15) is 29.3 Å². The Morgan fingerprint density at radius 3 is 2.38 bits per heavy atom. The molecule has 0 aliphatic heterocycles. The van der Waals surface area contributed by atoms with E-state index in [0.29, 0.717) is 12.8 Å². The fraction of sp³-hybridized carbons (Fsp3) is 0.286. The molecule has 1 amide bonds. The minimum Gasteiger partial charge on any atom is -0.465 e. The summed E-state index contributed by atoms with van der Waals surface area (Å²) in [6.07, 6.45) is 7.91. The molecule has 2 aromatic heterocycles. The first-order valence-electron chi connectivity index (χ1n) is 12.1. The average molecular weight is 535 g/mol. The smallest absolute Gasteiger partial charge is 0.407 e. The van der Waals surface area contributed by atoms with Crippen molar-refractivity contribution in [2.45, 2.75) is 44.9 Å². The number of ether oxygens (including phenoxy) is 2. The van der Waals surface area contributed by atoms with Gasteiger partial charge in [-0.05, 0) is 48.5 Å². The lowest BCUT2D eigenvalue weighted by Crippen LogP contribution is -2.48. The predicted octanol–water partition coefficient (Wildman–Crippen LogP) is 5.66. The number of imidazole rings is 1. The van der Waals surface area contributed by atoms with Gasteiger partial charge in [-0.25, -0.2) is 9.78 Å². The first-order valence-corrected chi connectivity index (χ1v) is 13.4. The van der Waals surface area contributed by atoms with Crippen molar-refractivity contribution in [3.8, 4) is 0 Å². The molecule has 0 aliphatic carbocycles. The van der Waals surface area contributed by atoms with Crippen LogP contribution in [0.25, 0.3) is 0 Å². The molecule has 9 heteroatoms. The number of nitrogens with one attached hydrogen (secondary N) is 1. The largest absolute Gasteiger partial charge is 0.465 e. The highest BCUT2D eigenvalue weighted by atomic mass is 32.1. The Morgan fingerprint density at radius 2 is 1.76 bits per heavy atom. The Hall–Kier alpha value is -3.56. The molecule has 0 aliphatic rings. The van der Waals surface area contributed by atoms with Crippen LogP contribution in [0.3, 0.4) is 0 Å². The van der Waals surface area contributed by atoms with E-state index in [2.05, 4.69) is 34.3 Å². The van der Waals surface area contributed by atoms with Crippen molar-refractivity contribution < 1.29 is 14.3 Å². The molecule has 3 atom stereocenters. The molecule has 37 heavy (non-hydrogen) atoms. The Balaban J connectivity index is 1.53. The number of amides is 1. The molecule has 2 aromatic carbocycles. The van der Waals surface area contributed by atoms with Gasteiger partial charge in [-0.1, -0.05) is 67.6 Å². The van der Waals surface area contributed by atoms with Crippen molar-refractivity contribution in [2.75, 3.05) is 0 Å². The van der Waals surface area contributed by atoms with E-state index in [1.165, 1.54) is 16.9 Å². The number of aromatic nitrogens is 3. The van der Waals surface area contributed by atoms with Crippen LogP contribution in [-0.4, -0.2) is 37.9 Å². The van der Waals surface area contributed by atoms with Gasteiger partial charge in [0.2, 0.25) is 0 Å². The second-order valence-electron chi connectivity index (χ2n) is 8.91. The zero-order chi connectivity index (χ0) is 25.9. The second kappa shape index (κ2) is 13.7. The molecule has 7 nitrogen and oxygen atoms in total. The summed E-state index contributed by atoms with van der Waals surface area (Å²) in [5.41, 5.74) is 4.04. The molecule has 192 valence electrons. The number of alkyl carbamates (subject to hydrolysis) is 1. The van der Waals surface area contributed by atoms with Crippen LogP contribution in [0.2, 0.25) is 0 Å². The van der Waals surface area contributed by atoms with Gasteiger partial charge < -0.3 is 14.8 Å². The number of thiazole rings is 1. The van der Waals surface area contributed by atoms with Crippen molar-refractivity contribution in [1.82, 2.24) is 19.9 Å². The third kappa shape index (κ3) is 8.51. The van der Waals surface area contributed by atoms with Gasteiger partial charge in [-0.3, -0.25) is 9.55 Å². The monoisotopic (exact) mass is 534 g/mol. The number of nitrogens with zero attached hydrogens (tertiary/aromatic N) is 3. The van der Waals surface area contributed by atoms with Gasteiger partial charge in [0, 0.05) is 18.6 Å².